The lowest BCUT2D eigenvalue weighted by molar-refractivity contribution is 0.276. The van der Waals surface area contributed by atoms with E-state index in [1.165, 1.54) is 15.6 Å². The van der Waals surface area contributed by atoms with Crippen molar-refractivity contribution in [3.05, 3.63) is 15.6 Å². The number of nitrogens with zero attached hydrogens (tertiary/aromatic N) is 1. The molecule has 0 aliphatic carbocycles. The maximum absolute atomic E-state index is 4.46. The largest absolute Gasteiger partial charge is 0.311 e. The summed E-state index contributed by atoms with van der Waals surface area (Å²) < 4.78 is 0. The molecule has 0 spiro atoms. The summed E-state index contributed by atoms with van der Waals surface area (Å²) in [5.41, 5.74) is 1.19. The van der Waals surface area contributed by atoms with Gasteiger partial charge in [-0.3, -0.25) is 0 Å². The van der Waals surface area contributed by atoms with E-state index in [1.54, 1.807) is 0 Å². The van der Waals surface area contributed by atoms with Crippen LogP contribution in [0.1, 0.15) is 43.3 Å². The van der Waals surface area contributed by atoms with Gasteiger partial charge in [-0.1, -0.05) is 27.7 Å². The lowest BCUT2D eigenvalue weighted by Crippen LogP contribution is -2.29. The number of aromatic nitrogens is 1. The summed E-state index contributed by atoms with van der Waals surface area (Å²) in [5.74, 6) is 2.24. The van der Waals surface area contributed by atoms with E-state index in [9.17, 15) is 0 Å². The zero-order valence-corrected chi connectivity index (χ0v) is 12.8. The number of hydrogen-bond acceptors (Lipinski definition) is 3. The standard InChI is InChI=1S/C14H26N2S/c1-9(2)13(10(3)4)7-15-8-14-11(5)16-12(6)17-14/h9-10,13,15H,7-8H2,1-6H3. The van der Waals surface area contributed by atoms with Gasteiger partial charge in [0.15, 0.2) is 0 Å². The van der Waals surface area contributed by atoms with Gasteiger partial charge < -0.3 is 5.32 Å². The van der Waals surface area contributed by atoms with Crippen LogP contribution in [0.5, 0.6) is 0 Å². The van der Waals surface area contributed by atoms with E-state index in [2.05, 4.69) is 51.8 Å². The Hall–Kier alpha value is -0.410. The van der Waals surface area contributed by atoms with Crippen LogP contribution in [0, 0.1) is 31.6 Å². The van der Waals surface area contributed by atoms with Crippen LogP contribution in [0.15, 0.2) is 0 Å². The molecule has 0 aliphatic rings. The Balaban J connectivity index is 2.44. The van der Waals surface area contributed by atoms with Crippen LogP contribution in [0.25, 0.3) is 0 Å². The van der Waals surface area contributed by atoms with Crippen LogP contribution < -0.4 is 5.32 Å². The summed E-state index contributed by atoms with van der Waals surface area (Å²) in [6.45, 7) is 15.5. The van der Waals surface area contributed by atoms with Crippen molar-refractivity contribution in [1.82, 2.24) is 10.3 Å². The predicted molar refractivity (Wildman–Crippen MR) is 76.5 cm³/mol. The van der Waals surface area contributed by atoms with Crippen molar-refractivity contribution in [2.45, 2.75) is 48.1 Å². The predicted octanol–water partition coefficient (Wildman–Crippen LogP) is 3.78. The van der Waals surface area contributed by atoms with E-state index in [4.69, 9.17) is 0 Å². The average Bonchev–Trinajstić information content (AvgIpc) is 2.51. The molecule has 0 aliphatic heterocycles. The second kappa shape index (κ2) is 6.50. The van der Waals surface area contributed by atoms with Crippen molar-refractivity contribution in [1.29, 1.82) is 0 Å². The lowest BCUT2D eigenvalue weighted by atomic mass is 9.85. The van der Waals surface area contributed by atoms with Crippen molar-refractivity contribution >= 4 is 11.3 Å². The third-order valence-electron chi connectivity index (χ3n) is 3.38. The minimum Gasteiger partial charge on any atom is -0.311 e. The van der Waals surface area contributed by atoms with Crippen LogP contribution in [-0.2, 0) is 6.54 Å². The molecule has 0 amide bonds. The summed E-state index contributed by atoms with van der Waals surface area (Å²) in [7, 11) is 0. The number of thiazole rings is 1. The quantitative estimate of drug-likeness (QED) is 0.835. The van der Waals surface area contributed by atoms with E-state index in [0.717, 1.165) is 30.8 Å². The Morgan fingerprint density at radius 3 is 2.12 bits per heavy atom. The molecule has 2 nitrogen and oxygen atoms in total. The summed E-state index contributed by atoms with van der Waals surface area (Å²) in [5, 5.41) is 4.76. The van der Waals surface area contributed by atoms with Crippen molar-refractivity contribution in [3.8, 4) is 0 Å². The molecule has 98 valence electrons. The summed E-state index contributed by atoms with van der Waals surface area (Å²) in [4.78, 5) is 5.84. The van der Waals surface area contributed by atoms with E-state index >= 15 is 0 Å². The second-order valence-electron chi connectivity index (χ2n) is 5.52. The molecular weight excluding hydrogens is 228 g/mol. The third kappa shape index (κ3) is 4.40. The Bertz CT molecular complexity index is 334. The van der Waals surface area contributed by atoms with Crippen molar-refractivity contribution in [2.75, 3.05) is 6.54 Å². The first-order valence-corrected chi connectivity index (χ1v) is 7.37. The van der Waals surface area contributed by atoms with Gasteiger partial charge in [-0.15, -0.1) is 11.3 Å². The molecular formula is C14H26N2S. The minimum absolute atomic E-state index is 0.742. The van der Waals surface area contributed by atoms with Gasteiger partial charge in [0, 0.05) is 11.4 Å². The van der Waals surface area contributed by atoms with Crippen LogP contribution in [0.4, 0.5) is 0 Å². The fourth-order valence-corrected chi connectivity index (χ4v) is 3.24. The topological polar surface area (TPSA) is 24.9 Å². The van der Waals surface area contributed by atoms with Gasteiger partial charge >= 0.3 is 0 Å². The van der Waals surface area contributed by atoms with E-state index in [-0.39, 0.29) is 0 Å². The van der Waals surface area contributed by atoms with Crippen LogP contribution in [0.3, 0.4) is 0 Å². The maximum Gasteiger partial charge on any atom is 0.0900 e. The van der Waals surface area contributed by atoms with Crippen LogP contribution in [0.2, 0.25) is 0 Å². The molecule has 0 unspecified atom stereocenters. The highest BCUT2D eigenvalue weighted by Gasteiger charge is 2.17. The number of aryl methyl sites for hydroxylation is 2. The first kappa shape index (κ1) is 14.7. The minimum atomic E-state index is 0.742. The maximum atomic E-state index is 4.46. The molecule has 17 heavy (non-hydrogen) atoms. The Kier molecular flexibility index (Phi) is 5.60. The molecule has 0 atom stereocenters. The zero-order valence-electron chi connectivity index (χ0n) is 12.0. The van der Waals surface area contributed by atoms with Gasteiger partial charge in [0.1, 0.15) is 0 Å². The van der Waals surface area contributed by atoms with Crippen molar-refractivity contribution < 1.29 is 0 Å². The Morgan fingerprint density at radius 2 is 1.71 bits per heavy atom. The highest BCUT2D eigenvalue weighted by Crippen LogP contribution is 2.20. The second-order valence-corrected chi connectivity index (χ2v) is 6.81. The fraction of sp³-hybridized carbons (Fsp3) is 0.786. The smallest absolute Gasteiger partial charge is 0.0900 e. The van der Waals surface area contributed by atoms with Gasteiger partial charge in [0.25, 0.3) is 0 Å². The highest BCUT2D eigenvalue weighted by molar-refractivity contribution is 7.11. The van der Waals surface area contributed by atoms with E-state index in [0.29, 0.717) is 0 Å². The van der Waals surface area contributed by atoms with Crippen LogP contribution >= 0.6 is 11.3 Å². The normalized spacial score (nSPS) is 12.1. The molecule has 0 aromatic carbocycles. The first-order chi connectivity index (χ1) is 7.91. The van der Waals surface area contributed by atoms with Crippen molar-refractivity contribution in [3.63, 3.8) is 0 Å². The first-order valence-electron chi connectivity index (χ1n) is 6.55. The fourth-order valence-electron chi connectivity index (χ4n) is 2.33. The molecule has 0 saturated carbocycles. The van der Waals surface area contributed by atoms with E-state index < -0.39 is 0 Å². The van der Waals surface area contributed by atoms with E-state index in [1.807, 2.05) is 11.3 Å². The zero-order chi connectivity index (χ0) is 13.0. The molecule has 0 saturated heterocycles. The molecule has 1 aromatic rings. The molecule has 0 radical (unpaired) electrons. The summed E-state index contributed by atoms with van der Waals surface area (Å²) in [6.07, 6.45) is 0. The van der Waals surface area contributed by atoms with Gasteiger partial charge in [0.05, 0.1) is 10.7 Å². The Labute approximate surface area is 110 Å². The number of rotatable bonds is 6. The van der Waals surface area contributed by atoms with Crippen molar-refractivity contribution in [2.24, 2.45) is 17.8 Å². The molecule has 0 bridgehead atoms. The molecule has 3 heteroatoms. The summed E-state index contributed by atoms with van der Waals surface area (Å²) in [6, 6.07) is 0. The summed E-state index contributed by atoms with van der Waals surface area (Å²) >= 11 is 1.81. The molecule has 1 heterocycles. The lowest BCUT2D eigenvalue weighted by Gasteiger charge is -2.25. The average molecular weight is 254 g/mol. The monoisotopic (exact) mass is 254 g/mol. The number of nitrogens with one attached hydrogen (secondary N) is 1. The van der Waals surface area contributed by atoms with Crippen LogP contribution in [-0.4, -0.2) is 11.5 Å². The van der Waals surface area contributed by atoms with Gasteiger partial charge in [-0.05, 0) is 38.1 Å². The molecule has 1 aromatic heterocycles. The Morgan fingerprint density at radius 1 is 1.12 bits per heavy atom. The third-order valence-corrected chi connectivity index (χ3v) is 4.45. The number of hydrogen-bond donors (Lipinski definition) is 1. The van der Waals surface area contributed by atoms with Gasteiger partial charge in [-0.25, -0.2) is 4.98 Å². The van der Waals surface area contributed by atoms with Gasteiger partial charge in [0.2, 0.25) is 0 Å². The molecule has 1 N–H and O–H groups in total. The van der Waals surface area contributed by atoms with Gasteiger partial charge in [-0.2, -0.15) is 0 Å². The molecule has 1 rings (SSSR count). The highest BCUT2D eigenvalue weighted by atomic mass is 32.1. The SMILES string of the molecule is Cc1nc(C)c(CNCC(C(C)C)C(C)C)s1. The molecule has 0 fully saturated rings.